The topological polar surface area (TPSA) is 111 Å². The van der Waals surface area contributed by atoms with Gasteiger partial charge in [-0.25, -0.2) is 0 Å². The van der Waals surface area contributed by atoms with Gasteiger partial charge < -0.3 is 33.3 Å². The third-order valence-electron chi connectivity index (χ3n) is 17.4. The van der Waals surface area contributed by atoms with Gasteiger partial charge in [0, 0.05) is 12.8 Å². The molecular weight excluding hydrogens is 1140 g/mol. The van der Waals surface area contributed by atoms with E-state index in [0.717, 1.165) is 89.9 Å². The number of ether oxygens (including phenoxy) is 4. The molecule has 0 aromatic heterocycles. The molecule has 0 spiro atoms. The Bertz CT molecular complexity index is 1790. The van der Waals surface area contributed by atoms with Crippen LogP contribution in [0.5, 0.6) is 0 Å². The van der Waals surface area contributed by atoms with Crippen molar-refractivity contribution in [2.75, 3.05) is 47.5 Å². The smallest absolute Gasteiger partial charge is 0.306 e. The second-order valence-corrected chi connectivity index (χ2v) is 27.6. The van der Waals surface area contributed by atoms with Gasteiger partial charge in [-0.3, -0.25) is 9.59 Å². The zero-order valence-electron chi connectivity index (χ0n) is 61.2. The summed E-state index contributed by atoms with van der Waals surface area (Å²) in [6.45, 7) is 4.68. The number of rotatable bonds is 73. The number of carbonyl (C=O) groups is 3. The van der Waals surface area contributed by atoms with E-state index in [9.17, 15) is 19.5 Å². The van der Waals surface area contributed by atoms with Crippen molar-refractivity contribution in [1.29, 1.82) is 0 Å². The summed E-state index contributed by atoms with van der Waals surface area (Å²) in [4.78, 5) is 37.6. The van der Waals surface area contributed by atoms with E-state index in [2.05, 4.69) is 98.9 Å². The first-order valence-corrected chi connectivity index (χ1v) is 39.2. The minimum Gasteiger partial charge on any atom is -0.545 e. The highest BCUT2D eigenvalue weighted by Crippen LogP contribution is 2.19. The van der Waals surface area contributed by atoms with Gasteiger partial charge in [-0.05, 0) is 70.6 Å². The Hall–Kier alpha value is -3.53. The number of likely N-dealkylation sites (N-methyl/N-ethyl adjacent to an activating group) is 1. The molecule has 0 saturated heterocycles. The number of hydrogen-bond acceptors (Lipinski definition) is 8. The van der Waals surface area contributed by atoms with Crippen molar-refractivity contribution < 1.29 is 42.9 Å². The first kappa shape index (κ1) is 88.5. The molecule has 9 nitrogen and oxygen atoms in total. The first-order valence-electron chi connectivity index (χ1n) is 39.2. The van der Waals surface area contributed by atoms with Gasteiger partial charge >= 0.3 is 11.9 Å². The van der Waals surface area contributed by atoms with E-state index < -0.39 is 24.3 Å². The van der Waals surface area contributed by atoms with Crippen LogP contribution >= 0.6 is 0 Å². The zero-order valence-corrected chi connectivity index (χ0v) is 61.2. The van der Waals surface area contributed by atoms with E-state index in [1.54, 1.807) is 0 Å². The Morgan fingerprint density at radius 1 is 0.337 bits per heavy atom. The molecule has 92 heavy (non-hydrogen) atoms. The molecule has 0 bridgehead atoms. The molecular formula is C83H149NO8. The summed E-state index contributed by atoms with van der Waals surface area (Å²) in [6.07, 6.45) is 97.0. The average molecular weight is 1290 g/mol. The fourth-order valence-electron chi connectivity index (χ4n) is 11.5. The maximum absolute atomic E-state index is 13.0. The molecule has 0 aliphatic carbocycles. The number of carboxylic acid groups (broad SMARTS) is 1. The van der Waals surface area contributed by atoms with Crippen molar-refractivity contribution >= 4 is 17.9 Å². The molecule has 0 aliphatic heterocycles. The standard InChI is InChI=1S/C83H149NO8/c1-6-8-10-12-14-16-18-20-22-24-26-28-30-32-34-36-38-39-40-41-42-44-45-47-49-51-53-55-57-59-61-63-65-67-69-71-73-80(85)90-77-79(78-91-83(82(87)88)89-76-75-84(3,4)5)92-81(86)74-72-70-68-66-64-62-60-58-56-54-52-50-48-46-43-37-35-33-31-29-27-25-23-21-19-17-15-13-11-9-7-2/h9,11,15,17,21,23,27,29,33,35,43,46,50,52,79,83H,6-8,10,12-14,16,18-20,22,24-26,28,30-32,34,36-42,44-45,47-49,51,53-78H2,1-5H3/b11-9-,17-15-,23-21-,29-27-,35-33-,46-43-,52-50-. The molecule has 534 valence electrons. The van der Waals surface area contributed by atoms with Crippen LogP contribution in [0.25, 0.3) is 0 Å². The lowest BCUT2D eigenvalue weighted by molar-refractivity contribution is -0.870. The molecule has 9 heteroatoms. The monoisotopic (exact) mass is 1290 g/mol. The van der Waals surface area contributed by atoms with Gasteiger partial charge in [-0.15, -0.1) is 0 Å². The predicted octanol–water partition coefficient (Wildman–Crippen LogP) is 23.6. The minimum absolute atomic E-state index is 0.145. The van der Waals surface area contributed by atoms with Gasteiger partial charge in [0.15, 0.2) is 12.4 Å². The number of hydrogen-bond donors (Lipinski definition) is 0. The molecule has 0 aromatic rings. The Labute approximate surface area is 570 Å². The lowest BCUT2D eigenvalue weighted by Crippen LogP contribution is -2.44. The van der Waals surface area contributed by atoms with Gasteiger partial charge in [-0.2, -0.15) is 0 Å². The number of nitrogens with zero attached hydrogens (tertiary/aromatic N) is 1. The quantitative estimate of drug-likeness (QED) is 0.0195. The summed E-state index contributed by atoms with van der Waals surface area (Å²) in [5.74, 6) is -2.28. The Kier molecular flexibility index (Phi) is 70.5. The van der Waals surface area contributed by atoms with Crippen LogP contribution in [0.1, 0.15) is 367 Å². The summed E-state index contributed by atoms with van der Waals surface area (Å²) in [6, 6.07) is 0. The summed E-state index contributed by atoms with van der Waals surface area (Å²) in [5.41, 5.74) is 0. The highest BCUT2D eigenvalue weighted by atomic mass is 16.7. The molecule has 0 heterocycles. The highest BCUT2D eigenvalue weighted by Gasteiger charge is 2.22. The summed E-state index contributed by atoms with van der Waals surface area (Å²) in [5, 5.41) is 11.9. The first-order chi connectivity index (χ1) is 45.1. The third-order valence-corrected chi connectivity index (χ3v) is 17.4. The molecule has 0 amide bonds. The van der Waals surface area contributed by atoms with Gasteiger partial charge in [0.2, 0.25) is 0 Å². The van der Waals surface area contributed by atoms with Crippen LogP contribution in [0, 0.1) is 0 Å². The summed E-state index contributed by atoms with van der Waals surface area (Å²) >= 11 is 0. The fraction of sp³-hybridized carbons (Fsp3) is 0.795. The van der Waals surface area contributed by atoms with Gasteiger partial charge in [0.1, 0.15) is 13.2 Å². The van der Waals surface area contributed by atoms with E-state index in [4.69, 9.17) is 18.9 Å². The fourth-order valence-corrected chi connectivity index (χ4v) is 11.5. The van der Waals surface area contributed by atoms with Crippen molar-refractivity contribution in [2.24, 2.45) is 0 Å². The Morgan fingerprint density at radius 2 is 0.620 bits per heavy atom. The summed E-state index contributed by atoms with van der Waals surface area (Å²) in [7, 11) is 5.94. The van der Waals surface area contributed by atoms with Crippen molar-refractivity contribution in [3.05, 3.63) is 85.1 Å². The number of carboxylic acids is 1. The van der Waals surface area contributed by atoms with Crippen LogP contribution < -0.4 is 5.11 Å². The molecule has 0 saturated carbocycles. The predicted molar refractivity (Wildman–Crippen MR) is 394 cm³/mol. The SMILES string of the molecule is CC/C=C\C/C=C\C/C=C\C/C=C\C/C=C\C/C=C\C/C=C\CCCCCCCCCCCC(=O)OC(COC(=O)CCCCCCCCCCCCCCCCCCCCCCCCCCCCCCCCCCCCCC)COC(OCC[N+](C)(C)C)C(=O)[O-]. The van der Waals surface area contributed by atoms with Crippen molar-refractivity contribution in [3.63, 3.8) is 0 Å². The van der Waals surface area contributed by atoms with Crippen molar-refractivity contribution in [2.45, 2.75) is 379 Å². The molecule has 2 atom stereocenters. The molecule has 0 aliphatic rings. The summed E-state index contributed by atoms with van der Waals surface area (Å²) < 4.78 is 22.8. The minimum atomic E-state index is -1.63. The van der Waals surface area contributed by atoms with E-state index in [1.807, 2.05) is 21.1 Å². The number of allylic oxidation sites excluding steroid dienone is 14. The van der Waals surface area contributed by atoms with E-state index in [-0.39, 0.29) is 32.2 Å². The molecule has 0 aromatic carbocycles. The second-order valence-electron chi connectivity index (χ2n) is 27.6. The molecule has 0 fully saturated rings. The highest BCUT2D eigenvalue weighted by molar-refractivity contribution is 5.70. The van der Waals surface area contributed by atoms with Crippen LogP contribution in [0.3, 0.4) is 0 Å². The average Bonchev–Trinajstić information content (AvgIpc) is 3.70. The van der Waals surface area contributed by atoms with Crippen LogP contribution in [-0.2, 0) is 33.3 Å². The van der Waals surface area contributed by atoms with Gasteiger partial charge in [-0.1, -0.05) is 369 Å². The Balaban J connectivity index is 4.03. The van der Waals surface area contributed by atoms with Crippen molar-refractivity contribution in [1.82, 2.24) is 0 Å². The van der Waals surface area contributed by atoms with Crippen LogP contribution in [-0.4, -0.2) is 82.3 Å². The molecule has 0 rings (SSSR count). The van der Waals surface area contributed by atoms with Crippen LogP contribution in [0.15, 0.2) is 85.1 Å². The van der Waals surface area contributed by atoms with E-state index in [0.29, 0.717) is 23.9 Å². The van der Waals surface area contributed by atoms with Crippen molar-refractivity contribution in [3.8, 4) is 0 Å². The van der Waals surface area contributed by atoms with E-state index in [1.165, 1.54) is 244 Å². The van der Waals surface area contributed by atoms with Gasteiger partial charge in [0.05, 0.1) is 40.3 Å². The second kappa shape index (κ2) is 73.3. The maximum Gasteiger partial charge on any atom is 0.306 e. The normalized spacial score (nSPS) is 13.1. The number of quaternary nitrogens is 1. The largest absolute Gasteiger partial charge is 0.545 e. The molecule has 0 N–H and O–H groups in total. The Morgan fingerprint density at radius 3 is 0.924 bits per heavy atom. The van der Waals surface area contributed by atoms with Crippen LogP contribution in [0.2, 0.25) is 0 Å². The van der Waals surface area contributed by atoms with E-state index >= 15 is 0 Å². The van der Waals surface area contributed by atoms with Crippen LogP contribution in [0.4, 0.5) is 0 Å². The third kappa shape index (κ3) is 73.9. The zero-order chi connectivity index (χ0) is 66.8. The number of carbonyl (C=O) groups excluding carboxylic acids is 3. The molecule has 2 unspecified atom stereocenters. The maximum atomic E-state index is 13.0. The number of unbranched alkanes of at least 4 members (excludes halogenated alkanes) is 44. The molecule has 0 radical (unpaired) electrons. The number of esters is 2. The number of aliphatic carboxylic acids is 1. The lowest BCUT2D eigenvalue weighted by atomic mass is 10.0. The lowest BCUT2D eigenvalue weighted by Gasteiger charge is -2.26. The van der Waals surface area contributed by atoms with Gasteiger partial charge in [0.25, 0.3) is 0 Å².